The molecule has 0 aliphatic rings. The summed E-state index contributed by atoms with van der Waals surface area (Å²) in [5, 5.41) is 7.35. The summed E-state index contributed by atoms with van der Waals surface area (Å²) in [4.78, 5) is 12.3. The van der Waals surface area contributed by atoms with Crippen molar-refractivity contribution in [2.24, 2.45) is 0 Å². The van der Waals surface area contributed by atoms with Crippen LogP contribution >= 0.6 is 0 Å². The molecule has 0 saturated carbocycles. The van der Waals surface area contributed by atoms with E-state index in [0.717, 1.165) is 22.5 Å². The summed E-state index contributed by atoms with van der Waals surface area (Å²) in [5.41, 5.74) is 4.04. The van der Waals surface area contributed by atoms with E-state index in [9.17, 15) is 4.79 Å². The first-order chi connectivity index (χ1) is 10.9. The van der Waals surface area contributed by atoms with Gasteiger partial charge in [0.2, 0.25) is 0 Å². The average molecular weight is 309 g/mol. The fourth-order valence-electron chi connectivity index (χ4n) is 2.59. The molecule has 3 aromatic rings. The number of furan rings is 1. The lowest BCUT2D eigenvalue weighted by atomic mass is 10.1. The minimum absolute atomic E-state index is 0.285. The Morgan fingerprint density at radius 3 is 2.35 bits per heavy atom. The van der Waals surface area contributed by atoms with Gasteiger partial charge in [0.25, 0.3) is 5.91 Å². The minimum Gasteiger partial charge on any atom is -0.456 e. The molecule has 1 N–H and O–H groups in total. The predicted octanol–water partition coefficient (Wildman–Crippen LogP) is 3.95. The molecule has 0 fully saturated rings. The van der Waals surface area contributed by atoms with E-state index in [-0.39, 0.29) is 11.7 Å². The number of nitrogens with zero attached hydrogens (tertiary/aromatic N) is 2. The number of aryl methyl sites for hydroxylation is 4. The van der Waals surface area contributed by atoms with Crippen molar-refractivity contribution in [2.45, 2.75) is 27.7 Å². The molecule has 118 valence electrons. The van der Waals surface area contributed by atoms with E-state index in [0.29, 0.717) is 11.6 Å². The number of hydrogen-bond donors (Lipinski definition) is 1. The molecule has 0 aliphatic carbocycles. The maximum Gasteiger partial charge on any atom is 0.292 e. The van der Waals surface area contributed by atoms with Crippen molar-refractivity contribution in [1.82, 2.24) is 9.78 Å². The van der Waals surface area contributed by atoms with E-state index in [4.69, 9.17) is 4.42 Å². The highest BCUT2D eigenvalue weighted by Crippen LogP contribution is 2.20. The molecule has 2 heterocycles. The summed E-state index contributed by atoms with van der Waals surface area (Å²) in [6, 6.07) is 11.4. The summed E-state index contributed by atoms with van der Waals surface area (Å²) in [7, 11) is 0. The van der Waals surface area contributed by atoms with Gasteiger partial charge in [0.05, 0.1) is 11.4 Å². The van der Waals surface area contributed by atoms with Crippen LogP contribution in [0.2, 0.25) is 0 Å². The zero-order valence-corrected chi connectivity index (χ0v) is 13.7. The molecule has 0 radical (unpaired) electrons. The van der Waals surface area contributed by atoms with Gasteiger partial charge in [-0.05, 0) is 63.1 Å². The fraction of sp³-hybridized carbons (Fsp3) is 0.222. The number of nitrogens with one attached hydrogen (secondary N) is 1. The third-order valence-corrected chi connectivity index (χ3v) is 3.49. The van der Waals surface area contributed by atoms with Crippen molar-refractivity contribution < 1.29 is 9.21 Å². The van der Waals surface area contributed by atoms with Gasteiger partial charge in [0, 0.05) is 6.07 Å². The van der Waals surface area contributed by atoms with E-state index in [1.807, 2.05) is 39.0 Å². The Labute approximate surface area is 134 Å². The number of anilines is 1. The summed E-state index contributed by atoms with van der Waals surface area (Å²) in [6.07, 6.45) is 0. The standard InChI is InChI=1S/C18H19N3O2/c1-11-7-12(2)9-15(8-11)21-17(10-13(3)20-21)19-18(22)16-6-5-14(4)23-16/h5-10H,1-4H3,(H,19,22). The molecular formula is C18H19N3O2. The van der Waals surface area contributed by atoms with Gasteiger partial charge in [0.15, 0.2) is 5.76 Å². The van der Waals surface area contributed by atoms with Crippen molar-refractivity contribution in [2.75, 3.05) is 5.32 Å². The van der Waals surface area contributed by atoms with Crippen LogP contribution in [-0.4, -0.2) is 15.7 Å². The molecule has 1 amide bonds. The van der Waals surface area contributed by atoms with Crippen LogP contribution in [0.3, 0.4) is 0 Å². The first kappa shape index (κ1) is 15.1. The zero-order chi connectivity index (χ0) is 16.6. The van der Waals surface area contributed by atoms with Crippen LogP contribution in [-0.2, 0) is 0 Å². The Morgan fingerprint density at radius 2 is 1.74 bits per heavy atom. The van der Waals surface area contributed by atoms with E-state index in [2.05, 4.69) is 16.5 Å². The van der Waals surface area contributed by atoms with Gasteiger partial charge < -0.3 is 9.73 Å². The van der Waals surface area contributed by atoms with Crippen molar-refractivity contribution in [3.05, 3.63) is 64.7 Å². The maximum atomic E-state index is 12.3. The predicted molar refractivity (Wildman–Crippen MR) is 89.2 cm³/mol. The van der Waals surface area contributed by atoms with Crippen molar-refractivity contribution >= 4 is 11.7 Å². The van der Waals surface area contributed by atoms with E-state index in [1.165, 1.54) is 0 Å². The normalized spacial score (nSPS) is 10.8. The second kappa shape index (κ2) is 5.76. The Bertz CT molecular complexity index is 854. The van der Waals surface area contributed by atoms with Crippen LogP contribution in [0.1, 0.15) is 33.1 Å². The molecule has 5 nitrogen and oxygen atoms in total. The molecule has 0 spiro atoms. The van der Waals surface area contributed by atoms with Gasteiger partial charge in [0.1, 0.15) is 11.6 Å². The molecule has 0 atom stereocenters. The largest absolute Gasteiger partial charge is 0.456 e. The minimum atomic E-state index is -0.288. The first-order valence-electron chi connectivity index (χ1n) is 7.45. The molecule has 23 heavy (non-hydrogen) atoms. The highest BCUT2D eigenvalue weighted by atomic mass is 16.3. The van der Waals surface area contributed by atoms with E-state index in [1.54, 1.807) is 23.7 Å². The quantitative estimate of drug-likeness (QED) is 0.797. The van der Waals surface area contributed by atoms with Gasteiger partial charge in [-0.2, -0.15) is 5.10 Å². The van der Waals surface area contributed by atoms with Crippen LogP contribution in [0, 0.1) is 27.7 Å². The third-order valence-electron chi connectivity index (χ3n) is 3.49. The molecule has 0 unspecified atom stereocenters. The summed E-state index contributed by atoms with van der Waals surface area (Å²) >= 11 is 0. The number of carbonyl (C=O) groups is 1. The van der Waals surface area contributed by atoms with Crippen LogP contribution in [0.4, 0.5) is 5.82 Å². The Balaban J connectivity index is 1.96. The van der Waals surface area contributed by atoms with Gasteiger partial charge >= 0.3 is 0 Å². The lowest BCUT2D eigenvalue weighted by Crippen LogP contribution is -2.14. The summed E-state index contributed by atoms with van der Waals surface area (Å²) in [5.74, 6) is 1.32. The van der Waals surface area contributed by atoms with E-state index < -0.39 is 0 Å². The Kier molecular flexibility index (Phi) is 3.78. The molecule has 0 saturated heterocycles. The monoisotopic (exact) mass is 309 g/mol. The molecule has 0 aliphatic heterocycles. The van der Waals surface area contributed by atoms with Crippen LogP contribution < -0.4 is 5.32 Å². The second-order valence-corrected chi connectivity index (χ2v) is 5.79. The first-order valence-corrected chi connectivity index (χ1v) is 7.45. The Morgan fingerprint density at radius 1 is 1.04 bits per heavy atom. The zero-order valence-electron chi connectivity index (χ0n) is 13.7. The number of benzene rings is 1. The van der Waals surface area contributed by atoms with Crippen molar-refractivity contribution in [3.8, 4) is 5.69 Å². The lowest BCUT2D eigenvalue weighted by Gasteiger charge is -2.10. The molecule has 2 aromatic heterocycles. The van der Waals surface area contributed by atoms with Gasteiger partial charge in [-0.1, -0.05) is 6.07 Å². The molecule has 3 rings (SSSR count). The number of rotatable bonds is 3. The number of aromatic nitrogens is 2. The number of amides is 1. The molecule has 1 aromatic carbocycles. The van der Waals surface area contributed by atoms with Gasteiger partial charge in [-0.15, -0.1) is 0 Å². The summed E-state index contributed by atoms with van der Waals surface area (Å²) < 4.78 is 7.11. The average Bonchev–Trinajstić information content (AvgIpc) is 3.04. The lowest BCUT2D eigenvalue weighted by molar-refractivity contribution is 0.0994. The fourth-order valence-corrected chi connectivity index (χ4v) is 2.59. The Hall–Kier alpha value is -2.82. The van der Waals surface area contributed by atoms with Crippen LogP contribution in [0.15, 0.2) is 40.8 Å². The smallest absolute Gasteiger partial charge is 0.292 e. The SMILES string of the molecule is Cc1cc(C)cc(-n2nc(C)cc2NC(=O)c2ccc(C)o2)c1. The van der Waals surface area contributed by atoms with E-state index >= 15 is 0 Å². The second-order valence-electron chi connectivity index (χ2n) is 5.79. The highest BCUT2D eigenvalue weighted by molar-refractivity contribution is 6.01. The molecular weight excluding hydrogens is 290 g/mol. The van der Waals surface area contributed by atoms with Gasteiger partial charge in [-0.25, -0.2) is 4.68 Å². The number of carbonyl (C=O) groups excluding carboxylic acids is 1. The summed E-state index contributed by atoms with van der Waals surface area (Å²) in [6.45, 7) is 7.78. The number of hydrogen-bond acceptors (Lipinski definition) is 3. The maximum absolute atomic E-state index is 12.3. The van der Waals surface area contributed by atoms with Crippen LogP contribution in [0.5, 0.6) is 0 Å². The topological polar surface area (TPSA) is 60.1 Å². The van der Waals surface area contributed by atoms with Crippen molar-refractivity contribution in [3.63, 3.8) is 0 Å². The third kappa shape index (κ3) is 3.18. The van der Waals surface area contributed by atoms with Gasteiger partial charge in [-0.3, -0.25) is 4.79 Å². The molecule has 0 bridgehead atoms. The van der Waals surface area contributed by atoms with Crippen molar-refractivity contribution in [1.29, 1.82) is 0 Å². The molecule has 5 heteroatoms. The van der Waals surface area contributed by atoms with Crippen LogP contribution in [0.25, 0.3) is 5.69 Å². The highest BCUT2D eigenvalue weighted by Gasteiger charge is 2.15.